The summed E-state index contributed by atoms with van der Waals surface area (Å²) in [6.45, 7) is 0. The highest BCUT2D eigenvalue weighted by molar-refractivity contribution is 6.31. The number of allylic oxidation sites excluding steroid dienone is 1. The van der Waals surface area contributed by atoms with Crippen molar-refractivity contribution in [1.82, 2.24) is 5.01 Å². The highest BCUT2D eigenvalue weighted by atomic mass is 35.5. The average molecular weight is 487 g/mol. The van der Waals surface area contributed by atoms with Gasteiger partial charge in [-0.05, 0) is 84.5 Å². The standard InChI is InChI=1S/C29H27ClN2O3/c1-34-24-13-9-19(10-14-24)17-21-5-4-8-26-27(21)31-32(29(33)22-6-3-7-23(30)18-22)28(26)20-11-15-25(35-2)16-12-20/h3,6-7,9-18,26,28H,4-5,8H2,1-2H3/b21-17+/t26-,28-/m1/s1. The van der Waals surface area contributed by atoms with Crippen molar-refractivity contribution in [1.29, 1.82) is 0 Å². The highest BCUT2D eigenvalue weighted by Gasteiger charge is 2.44. The molecule has 178 valence electrons. The van der Waals surface area contributed by atoms with Crippen LogP contribution in [0.25, 0.3) is 6.08 Å². The molecule has 5 nitrogen and oxygen atoms in total. The second-order valence-corrected chi connectivity index (χ2v) is 9.24. The number of nitrogens with zero attached hydrogens (tertiary/aromatic N) is 2. The number of carbonyl (C=O) groups excluding carboxylic acids is 1. The van der Waals surface area contributed by atoms with Gasteiger partial charge in [-0.3, -0.25) is 4.79 Å². The van der Waals surface area contributed by atoms with Crippen LogP contribution >= 0.6 is 11.6 Å². The van der Waals surface area contributed by atoms with Gasteiger partial charge in [-0.2, -0.15) is 5.10 Å². The molecule has 1 aliphatic heterocycles. The molecule has 3 aromatic rings. The molecule has 0 bridgehead atoms. The first kappa shape index (κ1) is 23.2. The molecule has 0 N–H and O–H groups in total. The molecule has 1 saturated carbocycles. The number of halogens is 1. The fraction of sp³-hybridized carbons (Fsp3) is 0.241. The number of hydrogen-bond acceptors (Lipinski definition) is 4. The molecular formula is C29H27ClN2O3. The Hall–Kier alpha value is -3.57. The molecule has 5 rings (SSSR count). The van der Waals surface area contributed by atoms with Crippen LogP contribution in [0, 0.1) is 5.92 Å². The van der Waals surface area contributed by atoms with Crippen LogP contribution in [0.5, 0.6) is 11.5 Å². The topological polar surface area (TPSA) is 51.1 Å². The number of amides is 1. The van der Waals surface area contributed by atoms with Crippen molar-refractivity contribution < 1.29 is 14.3 Å². The third kappa shape index (κ3) is 4.69. The largest absolute Gasteiger partial charge is 0.497 e. The first-order valence-corrected chi connectivity index (χ1v) is 12.1. The monoisotopic (exact) mass is 486 g/mol. The number of benzene rings is 3. The Morgan fingerprint density at radius 1 is 1.00 bits per heavy atom. The van der Waals surface area contributed by atoms with E-state index >= 15 is 0 Å². The highest BCUT2D eigenvalue weighted by Crippen LogP contribution is 2.45. The zero-order valence-corrected chi connectivity index (χ0v) is 20.5. The molecule has 0 radical (unpaired) electrons. The van der Waals surface area contributed by atoms with Crippen molar-refractivity contribution >= 4 is 29.3 Å². The Morgan fingerprint density at radius 3 is 2.34 bits per heavy atom. The fourth-order valence-corrected chi connectivity index (χ4v) is 5.15. The average Bonchev–Trinajstić information content (AvgIpc) is 3.29. The van der Waals surface area contributed by atoms with Crippen LogP contribution in [0.2, 0.25) is 5.02 Å². The third-order valence-electron chi connectivity index (χ3n) is 6.70. The lowest BCUT2D eigenvalue weighted by Crippen LogP contribution is -2.31. The Balaban J connectivity index is 1.56. The van der Waals surface area contributed by atoms with Crippen LogP contribution in [-0.2, 0) is 0 Å². The molecule has 1 aliphatic carbocycles. The maximum Gasteiger partial charge on any atom is 0.274 e. The first-order chi connectivity index (χ1) is 17.1. The van der Waals surface area contributed by atoms with E-state index < -0.39 is 0 Å². The quantitative estimate of drug-likeness (QED) is 0.398. The van der Waals surface area contributed by atoms with Crippen LogP contribution in [0.3, 0.4) is 0 Å². The van der Waals surface area contributed by atoms with Crippen LogP contribution in [-0.4, -0.2) is 30.8 Å². The predicted octanol–water partition coefficient (Wildman–Crippen LogP) is 6.79. The van der Waals surface area contributed by atoms with Gasteiger partial charge in [0.2, 0.25) is 0 Å². The predicted molar refractivity (Wildman–Crippen MR) is 139 cm³/mol. The Kier molecular flexibility index (Phi) is 6.60. The molecule has 2 atom stereocenters. The summed E-state index contributed by atoms with van der Waals surface area (Å²) in [7, 11) is 3.31. The second kappa shape index (κ2) is 9.96. The second-order valence-electron chi connectivity index (χ2n) is 8.80. The zero-order chi connectivity index (χ0) is 24.4. The van der Waals surface area contributed by atoms with Crippen molar-refractivity contribution in [2.45, 2.75) is 25.3 Å². The van der Waals surface area contributed by atoms with E-state index in [0.717, 1.165) is 47.6 Å². The molecule has 1 fully saturated rings. The van der Waals surface area contributed by atoms with Crippen molar-refractivity contribution in [2.24, 2.45) is 11.0 Å². The lowest BCUT2D eigenvalue weighted by molar-refractivity contribution is 0.0681. The minimum Gasteiger partial charge on any atom is -0.497 e. The Morgan fingerprint density at radius 2 is 1.69 bits per heavy atom. The van der Waals surface area contributed by atoms with Gasteiger partial charge in [0, 0.05) is 16.5 Å². The summed E-state index contributed by atoms with van der Waals surface area (Å²) in [6.07, 6.45) is 5.12. The number of methoxy groups -OCH3 is 2. The van der Waals surface area contributed by atoms with Gasteiger partial charge >= 0.3 is 0 Å². The number of carbonyl (C=O) groups is 1. The van der Waals surface area contributed by atoms with E-state index in [1.807, 2.05) is 48.5 Å². The van der Waals surface area contributed by atoms with Gasteiger partial charge in [-0.1, -0.05) is 41.9 Å². The molecule has 0 unspecified atom stereocenters. The lowest BCUT2D eigenvalue weighted by Gasteiger charge is -2.29. The van der Waals surface area contributed by atoms with Crippen LogP contribution < -0.4 is 9.47 Å². The fourth-order valence-electron chi connectivity index (χ4n) is 4.96. The van der Waals surface area contributed by atoms with Gasteiger partial charge in [-0.25, -0.2) is 5.01 Å². The molecular weight excluding hydrogens is 460 g/mol. The number of fused-ring (bicyclic) bond motifs is 1. The van der Waals surface area contributed by atoms with Crippen molar-refractivity contribution in [2.75, 3.05) is 14.2 Å². The minimum absolute atomic E-state index is 0.116. The molecule has 1 heterocycles. The van der Waals surface area contributed by atoms with Gasteiger partial charge in [0.1, 0.15) is 11.5 Å². The van der Waals surface area contributed by atoms with E-state index in [2.05, 4.69) is 6.08 Å². The third-order valence-corrected chi connectivity index (χ3v) is 6.93. The Bertz CT molecular complexity index is 1280. The summed E-state index contributed by atoms with van der Waals surface area (Å²) >= 11 is 6.20. The van der Waals surface area contributed by atoms with E-state index in [1.165, 1.54) is 5.57 Å². The number of rotatable bonds is 5. The SMILES string of the molecule is COc1ccc(/C=C2\CCC[C@@H]3C2=NN(C(=O)c2cccc(Cl)c2)[C@@H]3c2ccc(OC)cc2)cc1. The maximum absolute atomic E-state index is 13.7. The summed E-state index contributed by atoms with van der Waals surface area (Å²) in [4.78, 5) is 13.7. The summed E-state index contributed by atoms with van der Waals surface area (Å²) in [5.41, 5.74) is 4.81. The molecule has 0 saturated heterocycles. The van der Waals surface area contributed by atoms with E-state index in [-0.39, 0.29) is 17.9 Å². The minimum atomic E-state index is -0.193. The number of hydrazone groups is 1. The Labute approximate surface area is 210 Å². The van der Waals surface area contributed by atoms with Gasteiger partial charge in [0.05, 0.1) is 26.0 Å². The van der Waals surface area contributed by atoms with E-state index in [9.17, 15) is 4.79 Å². The summed E-state index contributed by atoms with van der Waals surface area (Å²) in [6, 6.07) is 22.8. The number of hydrogen-bond donors (Lipinski definition) is 0. The van der Waals surface area contributed by atoms with Crippen molar-refractivity contribution in [3.8, 4) is 11.5 Å². The summed E-state index contributed by atoms with van der Waals surface area (Å²) in [5.74, 6) is 1.57. The molecule has 2 aliphatic rings. The van der Waals surface area contributed by atoms with Gasteiger partial charge in [-0.15, -0.1) is 0 Å². The van der Waals surface area contributed by atoms with Crippen LogP contribution in [0.15, 0.2) is 83.5 Å². The first-order valence-electron chi connectivity index (χ1n) is 11.7. The van der Waals surface area contributed by atoms with Gasteiger partial charge < -0.3 is 9.47 Å². The van der Waals surface area contributed by atoms with E-state index in [1.54, 1.807) is 43.5 Å². The van der Waals surface area contributed by atoms with Crippen molar-refractivity contribution in [3.63, 3.8) is 0 Å². The molecule has 1 amide bonds. The lowest BCUT2D eigenvalue weighted by atomic mass is 9.77. The molecule has 35 heavy (non-hydrogen) atoms. The molecule has 0 spiro atoms. The molecule has 3 aromatic carbocycles. The molecule has 6 heteroatoms. The van der Waals surface area contributed by atoms with E-state index in [0.29, 0.717) is 10.6 Å². The maximum atomic E-state index is 13.7. The number of ether oxygens (including phenoxy) is 2. The van der Waals surface area contributed by atoms with Crippen LogP contribution in [0.1, 0.15) is 46.8 Å². The smallest absolute Gasteiger partial charge is 0.274 e. The van der Waals surface area contributed by atoms with Crippen molar-refractivity contribution in [3.05, 3.63) is 100 Å². The zero-order valence-electron chi connectivity index (χ0n) is 19.8. The summed E-state index contributed by atoms with van der Waals surface area (Å²) < 4.78 is 10.6. The summed E-state index contributed by atoms with van der Waals surface area (Å²) in [5, 5.41) is 7.14. The normalized spacial score (nSPS) is 20.4. The molecule has 0 aromatic heterocycles. The van der Waals surface area contributed by atoms with Gasteiger partial charge in [0.25, 0.3) is 5.91 Å². The van der Waals surface area contributed by atoms with Gasteiger partial charge in [0.15, 0.2) is 0 Å². The van der Waals surface area contributed by atoms with Crippen LogP contribution in [0.4, 0.5) is 0 Å². The van der Waals surface area contributed by atoms with E-state index in [4.69, 9.17) is 26.2 Å².